The zero-order valence-corrected chi connectivity index (χ0v) is 7.88. The van der Waals surface area contributed by atoms with E-state index >= 15 is 0 Å². The Morgan fingerprint density at radius 3 is 3.15 bits per heavy atom. The van der Waals surface area contributed by atoms with Gasteiger partial charge in [0, 0.05) is 6.04 Å². The molecule has 2 rings (SSSR count). The molecule has 0 fully saturated rings. The molecule has 70 valence electrons. The molecule has 0 spiro atoms. The van der Waals surface area contributed by atoms with E-state index in [-0.39, 0.29) is 6.61 Å². The molecule has 0 aliphatic carbocycles. The Morgan fingerprint density at radius 1 is 1.54 bits per heavy atom. The second-order valence-electron chi connectivity index (χ2n) is 3.62. The van der Waals surface area contributed by atoms with Crippen LogP contribution in [0.4, 0.5) is 0 Å². The SMILES string of the molecule is C[C@@H]1NCCc2cc(CO)ccc21. The van der Waals surface area contributed by atoms with Gasteiger partial charge in [-0.05, 0) is 36.6 Å². The van der Waals surface area contributed by atoms with Gasteiger partial charge in [-0.25, -0.2) is 0 Å². The first-order chi connectivity index (χ1) is 6.31. The standard InChI is InChI=1S/C11H15NO/c1-8-11-3-2-9(7-13)6-10(11)4-5-12-8/h2-3,6,8,12-13H,4-5,7H2,1H3/t8-/m0/s1. The molecule has 13 heavy (non-hydrogen) atoms. The molecule has 0 saturated carbocycles. The van der Waals surface area contributed by atoms with Crippen molar-refractivity contribution in [1.82, 2.24) is 5.32 Å². The number of rotatable bonds is 1. The van der Waals surface area contributed by atoms with Gasteiger partial charge in [0.15, 0.2) is 0 Å². The number of aliphatic hydroxyl groups excluding tert-OH is 1. The molecule has 0 unspecified atom stereocenters. The summed E-state index contributed by atoms with van der Waals surface area (Å²) < 4.78 is 0. The van der Waals surface area contributed by atoms with E-state index in [0.717, 1.165) is 18.5 Å². The van der Waals surface area contributed by atoms with Crippen LogP contribution in [0.15, 0.2) is 18.2 Å². The largest absolute Gasteiger partial charge is 0.392 e. The lowest BCUT2D eigenvalue weighted by molar-refractivity contribution is 0.281. The van der Waals surface area contributed by atoms with Crippen molar-refractivity contribution in [3.8, 4) is 0 Å². The summed E-state index contributed by atoms with van der Waals surface area (Å²) in [5.41, 5.74) is 3.79. The molecule has 0 radical (unpaired) electrons. The fourth-order valence-electron chi connectivity index (χ4n) is 1.93. The first kappa shape index (κ1) is 8.73. The van der Waals surface area contributed by atoms with Crippen molar-refractivity contribution in [3.05, 3.63) is 34.9 Å². The van der Waals surface area contributed by atoms with Gasteiger partial charge < -0.3 is 10.4 Å². The van der Waals surface area contributed by atoms with E-state index in [1.165, 1.54) is 11.1 Å². The Morgan fingerprint density at radius 2 is 2.38 bits per heavy atom. The molecule has 0 bridgehead atoms. The van der Waals surface area contributed by atoms with E-state index in [1.54, 1.807) is 0 Å². The highest BCUT2D eigenvalue weighted by molar-refractivity contribution is 5.35. The minimum Gasteiger partial charge on any atom is -0.392 e. The van der Waals surface area contributed by atoms with Crippen LogP contribution in [0.25, 0.3) is 0 Å². The summed E-state index contributed by atoms with van der Waals surface area (Å²) in [5, 5.41) is 12.4. The van der Waals surface area contributed by atoms with Gasteiger partial charge in [-0.1, -0.05) is 18.2 Å². The number of hydrogen-bond donors (Lipinski definition) is 2. The van der Waals surface area contributed by atoms with Crippen LogP contribution < -0.4 is 5.32 Å². The van der Waals surface area contributed by atoms with Crippen LogP contribution in [0.5, 0.6) is 0 Å². The molecular formula is C11H15NO. The monoisotopic (exact) mass is 177 g/mol. The van der Waals surface area contributed by atoms with E-state index in [4.69, 9.17) is 5.11 Å². The number of fused-ring (bicyclic) bond motifs is 1. The second-order valence-corrected chi connectivity index (χ2v) is 3.62. The maximum Gasteiger partial charge on any atom is 0.0681 e. The Bertz CT molecular complexity index is 309. The second kappa shape index (κ2) is 3.48. The van der Waals surface area contributed by atoms with Gasteiger partial charge in [0.2, 0.25) is 0 Å². The van der Waals surface area contributed by atoms with Crippen molar-refractivity contribution in [1.29, 1.82) is 0 Å². The summed E-state index contributed by atoms with van der Waals surface area (Å²) in [7, 11) is 0. The highest BCUT2D eigenvalue weighted by Gasteiger charge is 2.14. The third kappa shape index (κ3) is 1.60. The lowest BCUT2D eigenvalue weighted by atomic mass is 9.94. The lowest BCUT2D eigenvalue weighted by Gasteiger charge is -2.24. The van der Waals surface area contributed by atoms with Crippen molar-refractivity contribution < 1.29 is 5.11 Å². The van der Waals surface area contributed by atoms with E-state index in [2.05, 4.69) is 24.4 Å². The van der Waals surface area contributed by atoms with E-state index < -0.39 is 0 Å². The highest BCUT2D eigenvalue weighted by Crippen LogP contribution is 2.23. The van der Waals surface area contributed by atoms with Crippen molar-refractivity contribution in [2.24, 2.45) is 0 Å². The smallest absolute Gasteiger partial charge is 0.0681 e. The van der Waals surface area contributed by atoms with Crippen molar-refractivity contribution in [3.63, 3.8) is 0 Å². The first-order valence-corrected chi connectivity index (χ1v) is 4.77. The van der Waals surface area contributed by atoms with E-state index in [1.807, 2.05) is 6.07 Å². The molecule has 1 aromatic carbocycles. The quantitative estimate of drug-likeness (QED) is 0.679. The Balaban J connectivity index is 2.39. The summed E-state index contributed by atoms with van der Waals surface area (Å²) in [5.74, 6) is 0. The van der Waals surface area contributed by atoms with E-state index in [0.29, 0.717) is 6.04 Å². The summed E-state index contributed by atoms with van der Waals surface area (Å²) in [6.07, 6.45) is 1.08. The topological polar surface area (TPSA) is 32.3 Å². The highest BCUT2D eigenvalue weighted by atomic mass is 16.3. The van der Waals surface area contributed by atoms with Gasteiger partial charge in [0.05, 0.1) is 6.61 Å². The average molecular weight is 177 g/mol. The van der Waals surface area contributed by atoms with Gasteiger partial charge in [-0.3, -0.25) is 0 Å². The molecule has 1 aliphatic rings. The van der Waals surface area contributed by atoms with Gasteiger partial charge in [-0.15, -0.1) is 0 Å². The van der Waals surface area contributed by atoms with Gasteiger partial charge >= 0.3 is 0 Å². The molecule has 0 saturated heterocycles. The molecule has 1 atom stereocenters. The number of aliphatic hydroxyl groups is 1. The molecule has 1 aromatic rings. The van der Waals surface area contributed by atoms with Gasteiger partial charge in [-0.2, -0.15) is 0 Å². The van der Waals surface area contributed by atoms with E-state index in [9.17, 15) is 0 Å². The predicted molar refractivity (Wildman–Crippen MR) is 52.5 cm³/mol. The van der Waals surface area contributed by atoms with Crippen LogP contribution in [-0.4, -0.2) is 11.7 Å². The Kier molecular flexibility index (Phi) is 2.34. The molecule has 1 aliphatic heterocycles. The minimum atomic E-state index is 0.148. The summed E-state index contributed by atoms with van der Waals surface area (Å²) in [6.45, 7) is 3.37. The molecule has 1 heterocycles. The number of nitrogens with one attached hydrogen (secondary N) is 1. The Hall–Kier alpha value is -0.860. The molecule has 0 aromatic heterocycles. The summed E-state index contributed by atoms with van der Waals surface area (Å²) >= 11 is 0. The molecule has 2 N–H and O–H groups in total. The molecule has 0 amide bonds. The zero-order chi connectivity index (χ0) is 9.26. The Labute approximate surface area is 78.6 Å². The summed E-state index contributed by atoms with van der Waals surface area (Å²) in [6, 6.07) is 6.70. The van der Waals surface area contributed by atoms with Crippen LogP contribution in [-0.2, 0) is 13.0 Å². The predicted octanol–water partition coefficient (Wildman–Crippen LogP) is 1.39. The van der Waals surface area contributed by atoms with Crippen molar-refractivity contribution in [2.75, 3.05) is 6.54 Å². The van der Waals surface area contributed by atoms with Crippen LogP contribution in [0.3, 0.4) is 0 Å². The third-order valence-corrected chi connectivity index (χ3v) is 2.70. The number of benzene rings is 1. The normalized spacial score (nSPS) is 21.2. The fraction of sp³-hybridized carbons (Fsp3) is 0.455. The third-order valence-electron chi connectivity index (χ3n) is 2.70. The molecule has 2 nitrogen and oxygen atoms in total. The van der Waals surface area contributed by atoms with Crippen LogP contribution in [0.2, 0.25) is 0 Å². The van der Waals surface area contributed by atoms with Gasteiger partial charge in [0.1, 0.15) is 0 Å². The molecular weight excluding hydrogens is 162 g/mol. The maximum atomic E-state index is 8.99. The zero-order valence-electron chi connectivity index (χ0n) is 7.88. The lowest BCUT2D eigenvalue weighted by Crippen LogP contribution is -2.27. The van der Waals surface area contributed by atoms with Crippen LogP contribution >= 0.6 is 0 Å². The van der Waals surface area contributed by atoms with Gasteiger partial charge in [0.25, 0.3) is 0 Å². The van der Waals surface area contributed by atoms with Crippen molar-refractivity contribution in [2.45, 2.75) is 26.0 Å². The maximum absolute atomic E-state index is 8.99. The van der Waals surface area contributed by atoms with Crippen LogP contribution in [0.1, 0.15) is 29.7 Å². The van der Waals surface area contributed by atoms with Crippen LogP contribution in [0, 0.1) is 0 Å². The first-order valence-electron chi connectivity index (χ1n) is 4.77. The minimum absolute atomic E-state index is 0.148. The fourth-order valence-corrected chi connectivity index (χ4v) is 1.93. The molecule has 2 heteroatoms. The van der Waals surface area contributed by atoms with Crippen molar-refractivity contribution >= 4 is 0 Å². The number of hydrogen-bond acceptors (Lipinski definition) is 2. The summed E-state index contributed by atoms with van der Waals surface area (Å²) in [4.78, 5) is 0. The average Bonchev–Trinajstić information content (AvgIpc) is 2.18.